The highest BCUT2D eigenvalue weighted by molar-refractivity contribution is 4.98. The van der Waals surface area contributed by atoms with Crippen molar-refractivity contribution in [3.05, 3.63) is 18.0 Å². The fraction of sp³-hybridized carbons (Fsp3) is 0.625. The summed E-state index contributed by atoms with van der Waals surface area (Å²) in [6.45, 7) is 5.70. The molecule has 1 rings (SSSR count). The first kappa shape index (κ1) is 8.27. The first-order chi connectivity index (χ1) is 5.13. The Hall–Kier alpha value is -0.830. The molecule has 0 unspecified atom stereocenters. The second-order valence-electron chi connectivity index (χ2n) is 2.90. The van der Waals surface area contributed by atoms with Gasteiger partial charge in [-0.1, -0.05) is 0 Å². The van der Waals surface area contributed by atoms with Crippen LogP contribution in [0.2, 0.25) is 0 Å². The van der Waals surface area contributed by atoms with Crippen molar-refractivity contribution < 1.29 is 5.11 Å². The Morgan fingerprint density at radius 3 is 2.55 bits per heavy atom. The minimum atomic E-state index is -0.353. The second-order valence-corrected chi connectivity index (χ2v) is 2.90. The van der Waals surface area contributed by atoms with Gasteiger partial charge in [0.15, 0.2) is 0 Å². The summed E-state index contributed by atoms with van der Waals surface area (Å²) in [5, 5.41) is 13.3. The molecule has 62 valence electrons. The number of aryl methyl sites for hydroxylation is 1. The third-order valence-electron chi connectivity index (χ3n) is 1.95. The maximum Gasteiger partial charge on any atom is 0.0750 e. The molecule has 0 aliphatic carbocycles. The van der Waals surface area contributed by atoms with Gasteiger partial charge in [0, 0.05) is 11.9 Å². The van der Waals surface area contributed by atoms with Crippen LogP contribution in [-0.4, -0.2) is 21.0 Å². The molecule has 0 saturated heterocycles. The van der Waals surface area contributed by atoms with Crippen LogP contribution in [0.3, 0.4) is 0 Å². The van der Waals surface area contributed by atoms with Crippen molar-refractivity contribution >= 4 is 0 Å². The van der Waals surface area contributed by atoms with E-state index in [-0.39, 0.29) is 12.1 Å². The molecule has 1 aromatic heterocycles. The number of hydrogen-bond acceptors (Lipinski definition) is 2. The van der Waals surface area contributed by atoms with Crippen molar-refractivity contribution in [1.82, 2.24) is 9.78 Å². The number of aromatic nitrogens is 2. The molecule has 0 amide bonds. The molecule has 0 radical (unpaired) electrons. The van der Waals surface area contributed by atoms with E-state index in [4.69, 9.17) is 0 Å². The zero-order valence-corrected chi connectivity index (χ0v) is 7.15. The lowest BCUT2D eigenvalue weighted by Gasteiger charge is -2.16. The van der Waals surface area contributed by atoms with Gasteiger partial charge >= 0.3 is 0 Å². The van der Waals surface area contributed by atoms with E-state index in [1.54, 1.807) is 13.1 Å². The molecule has 0 aromatic carbocycles. The van der Waals surface area contributed by atoms with Gasteiger partial charge in [0.25, 0.3) is 0 Å². The van der Waals surface area contributed by atoms with E-state index in [1.165, 1.54) is 0 Å². The maximum absolute atomic E-state index is 9.26. The predicted octanol–water partition coefficient (Wildman–Crippen LogP) is 1.13. The van der Waals surface area contributed by atoms with Crippen molar-refractivity contribution in [3.63, 3.8) is 0 Å². The fourth-order valence-electron chi connectivity index (χ4n) is 1.01. The zero-order valence-electron chi connectivity index (χ0n) is 7.15. The van der Waals surface area contributed by atoms with Crippen molar-refractivity contribution in [1.29, 1.82) is 0 Å². The number of rotatable bonds is 2. The normalized spacial score (nSPS) is 16.4. The summed E-state index contributed by atoms with van der Waals surface area (Å²) in [6.07, 6.45) is 1.39. The van der Waals surface area contributed by atoms with E-state index in [2.05, 4.69) is 5.10 Å². The summed E-state index contributed by atoms with van der Waals surface area (Å²) in [7, 11) is 0. The van der Waals surface area contributed by atoms with Crippen molar-refractivity contribution in [2.45, 2.75) is 32.9 Å². The van der Waals surface area contributed by atoms with Gasteiger partial charge in [0.2, 0.25) is 0 Å². The lowest BCUT2D eigenvalue weighted by atomic mass is 10.2. The van der Waals surface area contributed by atoms with Crippen LogP contribution in [0.5, 0.6) is 0 Å². The molecule has 0 aliphatic rings. The van der Waals surface area contributed by atoms with E-state index in [9.17, 15) is 5.11 Å². The number of aliphatic hydroxyl groups excluding tert-OH is 1. The van der Waals surface area contributed by atoms with E-state index in [0.29, 0.717) is 0 Å². The number of aliphatic hydroxyl groups is 1. The third kappa shape index (κ3) is 1.60. The predicted molar refractivity (Wildman–Crippen MR) is 43.4 cm³/mol. The molecule has 3 heteroatoms. The molecule has 1 N–H and O–H groups in total. The largest absolute Gasteiger partial charge is 0.391 e. The first-order valence-electron chi connectivity index (χ1n) is 3.81. The van der Waals surface area contributed by atoms with Crippen molar-refractivity contribution in [2.75, 3.05) is 0 Å². The van der Waals surface area contributed by atoms with Gasteiger partial charge in [0.05, 0.1) is 12.1 Å². The summed E-state index contributed by atoms with van der Waals surface area (Å²) in [5.74, 6) is 0. The molecule has 0 fully saturated rings. The summed E-state index contributed by atoms with van der Waals surface area (Å²) >= 11 is 0. The molecule has 11 heavy (non-hydrogen) atoms. The van der Waals surface area contributed by atoms with Gasteiger partial charge in [-0.15, -0.1) is 0 Å². The van der Waals surface area contributed by atoms with Gasteiger partial charge in [-0.2, -0.15) is 5.10 Å². The fourth-order valence-corrected chi connectivity index (χ4v) is 1.01. The van der Waals surface area contributed by atoms with Crippen LogP contribution in [-0.2, 0) is 0 Å². The topological polar surface area (TPSA) is 38.0 Å². The van der Waals surface area contributed by atoms with Crippen molar-refractivity contribution in [3.8, 4) is 0 Å². The number of hydrogen-bond donors (Lipinski definition) is 1. The van der Waals surface area contributed by atoms with Crippen LogP contribution in [0.25, 0.3) is 0 Å². The summed E-state index contributed by atoms with van der Waals surface area (Å²) in [4.78, 5) is 0. The minimum absolute atomic E-state index is 0.0602. The highest BCUT2D eigenvalue weighted by Gasteiger charge is 2.12. The maximum atomic E-state index is 9.26. The van der Waals surface area contributed by atoms with Crippen LogP contribution < -0.4 is 0 Å². The Balaban J connectivity index is 2.84. The molecule has 2 atom stereocenters. The van der Waals surface area contributed by atoms with Gasteiger partial charge in [0.1, 0.15) is 0 Å². The first-order valence-corrected chi connectivity index (χ1v) is 3.81. The van der Waals surface area contributed by atoms with Gasteiger partial charge in [-0.3, -0.25) is 4.68 Å². The Labute approximate surface area is 66.7 Å². The molecule has 0 spiro atoms. The monoisotopic (exact) mass is 154 g/mol. The molecule has 1 aromatic rings. The van der Waals surface area contributed by atoms with E-state index in [0.717, 1.165) is 5.69 Å². The quantitative estimate of drug-likeness (QED) is 0.693. The number of nitrogens with zero attached hydrogens (tertiary/aromatic N) is 2. The lowest BCUT2D eigenvalue weighted by molar-refractivity contribution is 0.131. The van der Waals surface area contributed by atoms with E-state index in [1.807, 2.05) is 24.6 Å². The molecule has 1 heterocycles. The Kier molecular flexibility index (Phi) is 2.29. The van der Waals surface area contributed by atoms with E-state index < -0.39 is 0 Å². The van der Waals surface area contributed by atoms with Crippen LogP contribution in [0, 0.1) is 6.92 Å². The third-order valence-corrected chi connectivity index (χ3v) is 1.95. The summed E-state index contributed by atoms with van der Waals surface area (Å²) in [6, 6.07) is 1.99. The zero-order chi connectivity index (χ0) is 8.43. The molecular formula is C8H14N2O. The van der Waals surface area contributed by atoms with Gasteiger partial charge in [-0.05, 0) is 26.8 Å². The molecule has 3 nitrogen and oxygen atoms in total. The summed E-state index contributed by atoms with van der Waals surface area (Å²) in [5.41, 5.74) is 1.08. The lowest BCUT2D eigenvalue weighted by Crippen LogP contribution is -2.20. The smallest absolute Gasteiger partial charge is 0.0750 e. The highest BCUT2D eigenvalue weighted by atomic mass is 16.3. The minimum Gasteiger partial charge on any atom is -0.391 e. The van der Waals surface area contributed by atoms with E-state index >= 15 is 0 Å². The van der Waals surface area contributed by atoms with Crippen LogP contribution in [0.4, 0.5) is 0 Å². The van der Waals surface area contributed by atoms with Gasteiger partial charge < -0.3 is 5.11 Å². The standard InChI is InChI=1S/C8H14N2O/c1-6-4-5-9-10(6)7(2)8(3)11/h4-5,7-8,11H,1-3H3/t7-,8-/m0/s1. The van der Waals surface area contributed by atoms with Crippen LogP contribution in [0.15, 0.2) is 12.3 Å². The molecular weight excluding hydrogens is 140 g/mol. The highest BCUT2D eigenvalue weighted by Crippen LogP contribution is 2.11. The summed E-state index contributed by atoms with van der Waals surface area (Å²) < 4.78 is 1.82. The average Bonchev–Trinajstić information content (AvgIpc) is 2.33. The van der Waals surface area contributed by atoms with Gasteiger partial charge in [-0.25, -0.2) is 0 Å². The second kappa shape index (κ2) is 3.05. The van der Waals surface area contributed by atoms with Crippen LogP contribution >= 0.6 is 0 Å². The average molecular weight is 154 g/mol. The Morgan fingerprint density at radius 1 is 1.55 bits per heavy atom. The van der Waals surface area contributed by atoms with Crippen LogP contribution in [0.1, 0.15) is 25.6 Å². The Bertz CT molecular complexity index is 230. The SMILES string of the molecule is Cc1ccnn1[C@@H](C)[C@H](C)O. The van der Waals surface area contributed by atoms with Crippen molar-refractivity contribution in [2.24, 2.45) is 0 Å². The Morgan fingerprint density at radius 2 is 2.18 bits per heavy atom. The molecule has 0 aliphatic heterocycles. The molecule has 0 bridgehead atoms. The molecule has 0 saturated carbocycles.